The zero-order valence-electron chi connectivity index (χ0n) is 14.0. The van der Waals surface area contributed by atoms with Crippen molar-refractivity contribution in [1.29, 1.82) is 0 Å². The molecule has 0 aliphatic carbocycles. The minimum Gasteiger partial charge on any atom is -0.454 e. The molecule has 0 amide bonds. The molecule has 3 heterocycles. The maximum atomic E-state index is 6.25. The fourth-order valence-corrected chi connectivity index (χ4v) is 3.96. The van der Waals surface area contributed by atoms with Gasteiger partial charge in [-0.2, -0.15) is 0 Å². The highest BCUT2D eigenvalue weighted by atomic mass is 16.7. The van der Waals surface area contributed by atoms with Crippen LogP contribution in [0.3, 0.4) is 0 Å². The molecular weight excluding hydrogens is 306 g/mol. The van der Waals surface area contributed by atoms with Gasteiger partial charge >= 0.3 is 0 Å². The van der Waals surface area contributed by atoms with Crippen LogP contribution in [-0.4, -0.2) is 49.7 Å². The number of hydrogen-bond acceptors (Lipinski definition) is 5. The molecule has 2 saturated heterocycles. The Balaban J connectivity index is 1.33. The van der Waals surface area contributed by atoms with E-state index in [0.717, 1.165) is 37.4 Å². The molecule has 2 fully saturated rings. The summed E-state index contributed by atoms with van der Waals surface area (Å²) >= 11 is 0. The van der Waals surface area contributed by atoms with Crippen molar-refractivity contribution in [1.82, 2.24) is 4.90 Å². The summed E-state index contributed by atoms with van der Waals surface area (Å²) in [6.45, 7) is 7.32. The van der Waals surface area contributed by atoms with E-state index in [1.54, 1.807) is 6.08 Å². The fraction of sp³-hybridized carbons (Fsp3) is 0.579. The summed E-state index contributed by atoms with van der Waals surface area (Å²) in [4.78, 5) is 2.54. The average Bonchev–Trinajstić information content (AvgIpc) is 3.22. The molecule has 3 aliphatic rings. The molecule has 0 unspecified atom stereocenters. The van der Waals surface area contributed by atoms with Gasteiger partial charge in [-0.05, 0) is 37.0 Å². The minimum atomic E-state index is 0.233. The van der Waals surface area contributed by atoms with Crippen molar-refractivity contribution < 1.29 is 18.9 Å². The van der Waals surface area contributed by atoms with Crippen molar-refractivity contribution >= 4 is 0 Å². The molecule has 4 rings (SSSR count). The molecule has 0 radical (unpaired) electrons. The summed E-state index contributed by atoms with van der Waals surface area (Å²) in [5.41, 5.74) is 1.27. The standard InChI is InChI=1S/C19H25NO4/c1-2-9-21-12-15-4-5-16-17(24-15)7-8-20(16)11-14-3-6-18-19(10-14)23-13-22-18/h2-3,6,10,15-17H,1,4-5,7-9,11-13H2/t15-,16-,17-/m0/s1. The molecule has 5 nitrogen and oxygen atoms in total. The van der Waals surface area contributed by atoms with Crippen LogP contribution in [0.25, 0.3) is 0 Å². The lowest BCUT2D eigenvalue weighted by atomic mass is 9.99. The molecule has 130 valence electrons. The summed E-state index contributed by atoms with van der Waals surface area (Å²) in [6, 6.07) is 6.77. The molecule has 1 aromatic rings. The first kappa shape index (κ1) is 15.9. The van der Waals surface area contributed by atoms with E-state index >= 15 is 0 Å². The lowest BCUT2D eigenvalue weighted by molar-refractivity contribution is -0.0971. The minimum absolute atomic E-state index is 0.233. The van der Waals surface area contributed by atoms with Gasteiger partial charge in [0.2, 0.25) is 6.79 Å². The summed E-state index contributed by atoms with van der Waals surface area (Å²) in [5.74, 6) is 1.71. The highest BCUT2D eigenvalue weighted by Gasteiger charge is 2.39. The Morgan fingerprint density at radius 1 is 1.21 bits per heavy atom. The van der Waals surface area contributed by atoms with Gasteiger partial charge in [0.05, 0.1) is 25.4 Å². The van der Waals surface area contributed by atoms with Crippen LogP contribution in [0.4, 0.5) is 0 Å². The Morgan fingerprint density at radius 2 is 2.12 bits per heavy atom. The molecule has 0 bridgehead atoms. The first-order valence-electron chi connectivity index (χ1n) is 8.80. The normalized spacial score (nSPS) is 28.8. The van der Waals surface area contributed by atoms with Crippen molar-refractivity contribution in [3.05, 3.63) is 36.4 Å². The Bertz CT molecular complexity index is 591. The van der Waals surface area contributed by atoms with Crippen molar-refractivity contribution in [3.63, 3.8) is 0 Å². The Morgan fingerprint density at radius 3 is 3.04 bits per heavy atom. The van der Waals surface area contributed by atoms with E-state index in [1.165, 1.54) is 12.0 Å². The number of fused-ring (bicyclic) bond motifs is 2. The first-order valence-corrected chi connectivity index (χ1v) is 8.80. The Kier molecular flexibility index (Phi) is 4.74. The number of rotatable bonds is 6. The summed E-state index contributed by atoms with van der Waals surface area (Å²) < 4.78 is 22.7. The Labute approximate surface area is 143 Å². The van der Waals surface area contributed by atoms with E-state index in [1.807, 2.05) is 6.07 Å². The number of likely N-dealkylation sites (tertiary alicyclic amines) is 1. The van der Waals surface area contributed by atoms with E-state index in [9.17, 15) is 0 Å². The lowest BCUT2D eigenvalue weighted by Crippen LogP contribution is -2.43. The lowest BCUT2D eigenvalue weighted by Gasteiger charge is -2.36. The van der Waals surface area contributed by atoms with Crippen molar-refractivity contribution in [3.8, 4) is 11.5 Å². The highest BCUT2D eigenvalue weighted by molar-refractivity contribution is 5.44. The summed E-state index contributed by atoms with van der Waals surface area (Å²) in [6.07, 6.45) is 5.70. The van der Waals surface area contributed by atoms with Crippen LogP contribution in [0.5, 0.6) is 11.5 Å². The molecule has 0 N–H and O–H groups in total. The van der Waals surface area contributed by atoms with Gasteiger partial charge in [-0.1, -0.05) is 12.1 Å². The van der Waals surface area contributed by atoms with Crippen LogP contribution in [-0.2, 0) is 16.0 Å². The second-order valence-corrected chi connectivity index (χ2v) is 6.71. The van der Waals surface area contributed by atoms with Crippen LogP contribution in [0, 0.1) is 0 Å². The topological polar surface area (TPSA) is 40.2 Å². The number of nitrogens with zero attached hydrogens (tertiary/aromatic N) is 1. The quantitative estimate of drug-likeness (QED) is 0.592. The second-order valence-electron chi connectivity index (χ2n) is 6.71. The third-order valence-electron chi connectivity index (χ3n) is 5.11. The van der Waals surface area contributed by atoms with E-state index in [4.69, 9.17) is 18.9 Å². The fourth-order valence-electron chi connectivity index (χ4n) is 3.96. The van der Waals surface area contributed by atoms with E-state index < -0.39 is 0 Å². The second kappa shape index (κ2) is 7.13. The van der Waals surface area contributed by atoms with Gasteiger partial charge in [0.25, 0.3) is 0 Å². The van der Waals surface area contributed by atoms with Gasteiger partial charge in [-0.25, -0.2) is 0 Å². The Hall–Kier alpha value is -1.56. The predicted octanol–water partition coefficient (Wildman–Crippen LogP) is 2.74. The van der Waals surface area contributed by atoms with Crippen molar-refractivity contribution in [2.75, 3.05) is 26.6 Å². The summed E-state index contributed by atoms with van der Waals surface area (Å²) in [7, 11) is 0. The predicted molar refractivity (Wildman–Crippen MR) is 90.3 cm³/mol. The van der Waals surface area contributed by atoms with Gasteiger partial charge in [0, 0.05) is 19.1 Å². The van der Waals surface area contributed by atoms with Crippen LogP contribution < -0.4 is 9.47 Å². The average molecular weight is 331 g/mol. The molecule has 3 atom stereocenters. The molecule has 1 aromatic carbocycles. The van der Waals surface area contributed by atoms with Gasteiger partial charge in [0.15, 0.2) is 11.5 Å². The van der Waals surface area contributed by atoms with Gasteiger partial charge in [-0.15, -0.1) is 6.58 Å². The van der Waals surface area contributed by atoms with Gasteiger partial charge in [-0.3, -0.25) is 4.90 Å². The van der Waals surface area contributed by atoms with E-state index in [0.29, 0.717) is 32.2 Å². The number of hydrogen-bond donors (Lipinski definition) is 0. The number of ether oxygens (including phenoxy) is 4. The highest BCUT2D eigenvalue weighted by Crippen LogP contribution is 2.35. The van der Waals surface area contributed by atoms with Crippen molar-refractivity contribution in [2.24, 2.45) is 0 Å². The molecule has 0 spiro atoms. The third-order valence-corrected chi connectivity index (χ3v) is 5.11. The van der Waals surface area contributed by atoms with E-state index in [2.05, 4.69) is 23.6 Å². The molecular formula is C19H25NO4. The zero-order valence-corrected chi connectivity index (χ0v) is 14.0. The molecule has 0 saturated carbocycles. The van der Waals surface area contributed by atoms with Gasteiger partial charge < -0.3 is 18.9 Å². The van der Waals surface area contributed by atoms with Crippen LogP contribution in [0.15, 0.2) is 30.9 Å². The van der Waals surface area contributed by atoms with E-state index in [-0.39, 0.29) is 6.10 Å². The molecule has 3 aliphatic heterocycles. The maximum absolute atomic E-state index is 6.25. The molecule has 5 heteroatoms. The van der Waals surface area contributed by atoms with Crippen LogP contribution in [0.1, 0.15) is 24.8 Å². The molecule has 24 heavy (non-hydrogen) atoms. The zero-order chi connectivity index (χ0) is 16.4. The van der Waals surface area contributed by atoms with Crippen molar-refractivity contribution in [2.45, 2.75) is 44.1 Å². The SMILES string of the molecule is C=CCOC[C@@H]1CC[C@H]2[C@H](CCN2Cc2ccc3c(c2)OCO3)O1. The van der Waals surface area contributed by atoms with Crippen LogP contribution in [0.2, 0.25) is 0 Å². The van der Waals surface area contributed by atoms with Crippen LogP contribution >= 0.6 is 0 Å². The third kappa shape index (κ3) is 3.29. The maximum Gasteiger partial charge on any atom is 0.231 e. The summed E-state index contributed by atoms with van der Waals surface area (Å²) in [5, 5.41) is 0. The number of benzene rings is 1. The first-order chi connectivity index (χ1) is 11.8. The smallest absolute Gasteiger partial charge is 0.231 e. The van der Waals surface area contributed by atoms with Gasteiger partial charge in [0.1, 0.15) is 0 Å². The monoisotopic (exact) mass is 331 g/mol. The largest absolute Gasteiger partial charge is 0.454 e. The molecule has 0 aromatic heterocycles.